The summed E-state index contributed by atoms with van der Waals surface area (Å²) in [6, 6.07) is -0.512. The Morgan fingerprint density at radius 3 is 2.50 bits per heavy atom. The lowest BCUT2D eigenvalue weighted by molar-refractivity contribution is 0.0894. The van der Waals surface area contributed by atoms with Gasteiger partial charge in [-0.25, -0.2) is 0 Å². The summed E-state index contributed by atoms with van der Waals surface area (Å²) < 4.78 is 38.9. The van der Waals surface area contributed by atoms with E-state index in [1.807, 2.05) is 0 Å². The smallest absolute Gasteiger partial charge is 0.269 e. The van der Waals surface area contributed by atoms with Crippen molar-refractivity contribution in [2.45, 2.75) is 31.4 Å². The van der Waals surface area contributed by atoms with Gasteiger partial charge in [0, 0.05) is 24.8 Å². The summed E-state index contributed by atoms with van der Waals surface area (Å²) in [6.45, 7) is 1.62. The molecule has 5 N–H and O–H groups in total. The van der Waals surface area contributed by atoms with Gasteiger partial charge in [0.05, 0.1) is 23.0 Å². The number of rotatable bonds is 3. The molecule has 2 heterocycles. The fourth-order valence-electron chi connectivity index (χ4n) is 3.41. The van der Waals surface area contributed by atoms with Gasteiger partial charge in [0.15, 0.2) is 0 Å². The molecule has 0 saturated carbocycles. The summed E-state index contributed by atoms with van der Waals surface area (Å²) in [4.78, 5) is 25.2. The van der Waals surface area contributed by atoms with Gasteiger partial charge < -0.3 is 20.8 Å². The third-order valence-electron chi connectivity index (χ3n) is 4.47. The number of methoxy groups -OCH3 is 1. The Bertz CT molecular complexity index is 911. The average Bonchev–Trinajstić information content (AvgIpc) is 2.95. The lowest BCUT2D eigenvalue weighted by Crippen LogP contribution is -2.31. The normalized spacial score (nSPS) is 23.7. The molecule has 0 bridgehead atoms. The monoisotopic (exact) mass is 355 g/mol. The predicted octanol–water partition coefficient (Wildman–Crippen LogP) is -0.484. The van der Waals surface area contributed by atoms with Crippen LogP contribution in [0.3, 0.4) is 0 Å². The second kappa shape index (κ2) is 5.24. The van der Waals surface area contributed by atoms with Crippen molar-refractivity contribution in [3.05, 3.63) is 33.8 Å². The van der Waals surface area contributed by atoms with E-state index in [1.165, 1.54) is 18.6 Å². The highest BCUT2D eigenvalue weighted by atomic mass is 32.2. The predicted molar refractivity (Wildman–Crippen MR) is 83.0 cm³/mol. The summed E-state index contributed by atoms with van der Waals surface area (Å²) in [5.41, 5.74) is 11.9. The van der Waals surface area contributed by atoms with Crippen molar-refractivity contribution in [1.29, 1.82) is 0 Å². The molecule has 9 nitrogen and oxygen atoms in total. The minimum absolute atomic E-state index is 0.0149. The molecule has 130 valence electrons. The van der Waals surface area contributed by atoms with Gasteiger partial charge >= 0.3 is 0 Å². The van der Waals surface area contributed by atoms with E-state index in [2.05, 4.69) is 0 Å². The van der Waals surface area contributed by atoms with Crippen molar-refractivity contribution in [3.8, 4) is 0 Å². The average molecular weight is 355 g/mol. The van der Waals surface area contributed by atoms with Crippen LogP contribution in [0, 0.1) is 0 Å². The zero-order valence-corrected chi connectivity index (χ0v) is 13.9. The van der Waals surface area contributed by atoms with Gasteiger partial charge in [-0.2, -0.15) is 8.42 Å². The van der Waals surface area contributed by atoms with Crippen LogP contribution in [0.4, 0.5) is 0 Å². The van der Waals surface area contributed by atoms with Crippen molar-refractivity contribution in [1.82, 2.24) is 4.57 Å². The molecule has 2 aliphatic rings. The van der Waals surface area contributed by atoms with Crippen LogP contribution in [0.25, 0.3) is 0 Å². The first-order valence-corrected chi connectivity index (χ1v) is 8.74. The molecule has 0 unspecified atom stereocenters. The molecule has 2 atom stereocenters. The SMILES string of the molecule is CO[C@H]1c2c(CS(=O)(=O)O)c3c(n2C[C@@H]1N)C(=O)C(C)=C(N)C3=O. The minimum Gasteiger partial charge on any atom is -0.395 e. The second-order valence-electron chi connectivity index (χ2n) is 5.94. The molecule has 0 fully saturated rings. The van der Waals surface area contributed by atoms with Gasteiger partial charge in [0.2, 0.25) is 11.6 Å². The molecule has 0 saturated heterocycles. The number of hydrogen-bond donors (Lipinski definition) is 3. The Balaban J connectivity index is 2.36. The Morgan fingerprint density at radius 1 is 1.33 bits per heavy atom. The maximum atomic E-state index is 12.6. The molecular formula is C14H17N3O6S. The lowest BCUT2D eigenvalue weighted by atomic mass is 9.90. The van der Waals surface area contributed by atoms with Crippen LogP contribution < -0.4 is 11.5 Å². The van der Waals surface area contributed by atoms with Crippen LogP contribution in [0.2, 0.25) is 0 Å². The summed E-state index contributed by atoms with van der Waals surface area (Å²) >= 11 is 0. The number of ether oxygens (including phenoxy) is 1. The van der Waals surface area contributed by atoms with Gasteiger partial charge in [-0.3, -0.25) is 14.1 Å². The number of hydrogen-bond acceptors (Lipinski definition) is 7. The number of allylic oxidation sites excluding steroid dienone is 2. The largest absolute Gasteiger partial charge is 0.395 e. The first-order chi connectivity index (χ1) is 11.1. The van der Waals surface area contributed by atoms with Crippen LogP contribution in [0.1, 0.15) is 45.1 Å². The first kappa shape index (κ1) is 16.8. The third kappa shape index (κ3) is 2.22. The minimum atomic E-state index is -4.45. The molecule has 0 aromatic carbocycles. The summed E-state index contributed by atoms with van der Waals surface area (Å²) in [5.74, 6) is -1.92. The van der Waals surface area contributed by atoms with E-state index in [4.69, 9.17) is 16.2 Å². The number of Topliss-reactive ketones (excluding diaryl/α,β-unsaturated/α-hetero) is 2. The zero-order chi connectivity index (χ0) is 18.0. The maximum Gasteiger partial charge on any atom is 0.269 e. The fraction of sp³-hybridized carbons (Fsp3) is 0.429. The summed E-state index contributed by atoms with van der Waals surface area (Å²) in [5, 5.41) is 0. The van der Waals surface area contributed by atoms with Crippen LogP contribution in [0.5, 0.6) is 0 Å². The van der Waals surface area contributed by atoms with E-state index in [0.29, 0.717) is 5.69 Å². The van der Waals surface area contributed by atoms with E-state index in [0.717, 1.165) is 0 Å². The van der Waals surface area contributed by atoms with Crippen molar-refractivity contribution < 1.29 is 27.3 Å². The Labute approximate surface area is 138 Å². The van der Waals surface area contributed by atoms with Gasteiger partial charge in [-0.1, -0.05) is 0 Å². The number of nitrogens with zero attached hydrogens (tertiary/aromatic N) is 1. The lowest BCUT2D eigenvalue weighted by Gasteiger charge is -2.18. The molecular weight excluding hydrogens is 338 g/mol. The molecule has 24 heavy (non-hydrogen) atoms. The Hall–Kier alpha value is -2.01. The van der Waals surface area contributed by atoms with E-state index in [1.54, 1.807) is 0 Å². The van der Waals surface area contributed by atoms with Gasteiger partial charge in [-0.05, 0) is 6.92 Å². The number of nitrogens with two attached hydrogens (primary N) is 2. The van der Waals surface area contributed by atoms with Gasteiger partial charge in [0.1, 0.15) is 17.6 Å². The fourth-order valence-corrected chi connectivity index (χ4v) is 4.07. The molecule has 1 aromatic heterocycles. The summed E-state index contributed by atoms with van der Waals surface area (Å²) in [7, 11) is -3.06. The van der Waals surface area contributed by atoms with Crippen LogP contribution >= 0.6 is 0 Å². The van der Waals surface area contributed by atoms with Crippen molar-refractivity contribution in [3.63, 3.8) is 0 Å². The molecule has 0 amide bonds. The molecule has 0 spiro atoms. The van der Waals surface area contributed by atoms with Crippen LogP contribution in [0.15, 0.2) is 11.3 Å². The maximum absolute atomic E-state index is 12.6. The third-order valence-corrected chi connectivity index (χ3v) is 5.13. The first-order valence-electron chi connectivity index (χ1n) is 7.13. The number of fused-ring (bicyclic) bond motifs is 3. The molecule has 1 aromatic rings. The number of carbonyl (C=O) groups is 2. The second-order valence-corrected chi connectivity index (χ2v) is 7.39. The standard InChI is InChI=1S/C14H17N3O6S/c1-5-9(16)13(19)8-6(4-24(20,21)22)10-14(23-2)7(15)3-17(10)11(8)12(5)18/h7,14H,3-4,15-16H2,1-2H3,(H,20,21,22)/t7-,14+/m0/s1. The highest BCUT2D eigenvalue weighted by molar-refractivity contribution is 7.85. The van der Waals surface area contributed by atoms with Crippen LogP contribution in [-0.2, 0) is 27.2 Å². The van der Waals surface area contributed by atoms with E-state index < -0.39 is 39.6 Å². The molecule has 10 heteroatoms. The van der Waals surface area contributed by atoms with Crippen LogP contribution in [-0.4, -0.2) is 42.3 Å². The van der Waals surface area contributed by atoms with Crippen molar-refractivity contribution in [2.24, 2.45) is 11.5 Å². The number of carbonyl (C=O) groups excluding carboxylic acids is 2. The van der Waals surface area contributed by atoms with E-state index in [9.17, 15) is 22.6 Å². The summed E-state index contributed by atoms with van der Waals surface area (Å²) in [6.07, 6.45) is -0.700. The van der Waals surface area contributed by atoms with E-state index in [-0.39, 0.29) is 34.6 Å². The van der Waals surface area contributed by atoms with Gasteiger partial charge in [0.25, 0.3) is 10.1 Å². The number of aromatic nitrogens is 1. The Kier molecular flexibility index (Phi) is 3.68. The molecule has 1 aliphatic carbocycles. The zero-order valence-electron chi connectivity index (χ0n) is 13.1. The Morgan fingerprint density at radius 2 is 1.96 bits per heavy atom. The molecule has 3 rings (SSSR count). The highest BCUT2D eigenvalue weighted by Crippen LogP contribution is 2.40. The topological polar surface area (TPSA) is 155 Å². The highest BCUT2D eigenvalue weighted by Gasteiger charge is 2.44. The van der Waals surface area contributed by atoms with Crippen molar-refractivity contribution >= 4 is 21.7 Å². The molecule has 0 radical (unpaired) electrons. The number of ketones is 2. The van der Waals surface area contributed by atoms with Gasteiger partial charge in [-0.15, -0.1) is 0 Å². The van der Waals surface area contributed by atoms with Crippen molar-refractivity contribution in [2.75, 3.05) is 7.11 Å². The quantitative estimate of drug-likeness (QED) is 0.614. The molecule has 1 aliphatic heterocycles. The van der Waals surface area contributed by atoms with E-state index >= 15 is 0 Å².